The standard InChI is InChI=1S/C12H24N2O2S/c1-17(15,16)14-10-4-2-3-5-12(14)11-6-8-13-9-7-11/h11-13H,2-10H2,1H3/t12-/m0/s1. The average Bonchev–Trinajstić information content (AvgIpc) is 2.54. The molecular weight excluding hydrogens is 236 g/mol. The van der Waals surface area contributed by atoms with Gasteiger partial charge in [0.2, 0.25) is 10.0 Å². The lowest BCUT2D eigenvalue weighted by atomic mass is 9.88. The third kappa shape index (κ3) is 3.42. The van der Waals surface area contributed by atoms with Crippen molar-refractivity contribution in [1.82, 2.24) is 9.62 Å². The van der Waals surface area contributed by atoms with E-state index in [1.807, 2.05) is 0 Å². The van der Waals surface area contributed by atoms with Gasteiger partial charge in [0.1, 0.15) is 0 Å². The molecule has 100 valence electrons. The van der Waals surface area contributed by atoms with Gasteiger partial charge in [-0.25, -0.2) is 8.42 Å². The minimum absolute atomic E-state index is 0.259. The van der Waals surface area contributed by atoms with Crippen LogP contribution in [0.1, 0.15) is 38.5 Å². The van der Waals surface area contributed by atoms with Gasteiger partial charge in [-0.2, -0.15) is 4.31 Å². The van der Waals surface area contributed by atoms with Crippen LogP contribution in [0.3, 0.4) is 0 Å². The fourth-order valence-electron chi connectivity index (χ4n) is 3.22. The van der Waals surface area contributed by atoms with Crippen molar-refractivity contribution in [3.05, 3.63) is 0 Å². The summed E-state index contributed by atoms with van der Waals surface area (Å²) in [5, 5.41) is 3.36. The van der Waals surface area contributed by atoms with E-state index in [4.69, 9.17) is 0 Å². The van der Waals surface area contributed by atoms with Gasteiger partial charge < -0.3 is 5.32 Å². The minimum atomic E-state index is -3.03. The molecule has 1 atom stereocenters. The highest BCUT2D eigenvalue weighted by Crippen LogP contribution is 2.29. The summed E-state index contributed by atoms with van der Waals surface area (Å²) >= 11 is 0. The van der Waals surface area contributed by atoms with Gasteiger partial charge in [-0.1, -0.05) is 12.8 Å². The minimum Gasteiger partial charge on any atom is -0.317 e. The molecule has 0 bridgehead atoms. The number of sulfonamides is 1. The number of hydrogen-bond donors (Lipinski definition) is 1. The van der Waals surface area contributed by atoms with E-state index < -0.39 is 10.0 Å². The Morgan fingerprint density at radius 3 is 2.41 bits per heavy atom. The molecule has 2 heterocycles. The second kappa shape index (κ2) is 5.67. The summed E-state index contributed by atoms with van der Waals surface area (Å²) in [6.45, 7) is 2.81. The number of piperidine rings is 1. The Kier molecular flexibility index (Phi) is 4.44. The molecule has 0 aliphatic carbocycles. The molecule has 2 aliphatic rings. The van der Waals surface area contributed by atoms with Crippen molar-refractivity contribution in [3.8, 4) is 0 Å². The number of nitrogens with zero attached hydrogens (tertiary/aromatic N) is 1. The van der Waals surface area contributed by atoms with Gasteiger partial charge in [-0.3, -0.25) is 0 Å². The predicted molar refractivity (Wildman–Crippen MR) is 69.4 cm³/mol. The first-order valence-corrected chi connectivity index (χ1v) is 8.61. The van der Waals surface area contributed by atoms with Crippen molar-refractivity contribution in [2.75, 3.05) is 25.9 Å². The Bertz CT molecular complexity index is 336. The summed E-state index contributed by atoms with van der Waals surface area (Å²) in [6, 6.07) is 0.259. The van der Waals surface area contributed by atoms with Gasteiger partial charge >= 0.3 is 0 Å². The summed E-state index contributed by atoms with van der Waals surface area (Å²) < 4.78 is 25.6. The highest BCUT2D eigenvalue weighted by Gasteiger charge is 2.34. The Balaban J connectivity index is 2.13. The maximum atomic E-state index is 11.9. The molecule has 0 aromatic rings. The molecule has 0 amide bonds. The molecule has 2 aliphatic heterocycles. The van der Waals surface area contributed by atoms with Crippen LogP contribution in [0.15, 0.2) is 0 Å². The molecular formula is C12H24N2O2S. The Morgan fingerprint density at radius 1 is 1.06 bits per heavy atom. The first-order valence-electron chi connectivity index (χ1n) is 6.76. The molecule has 0 unspecified atom stereocenters. The maximum Gasteiger partial charge on any atom is 0.211 e. The normalized spacial score (nSPS) is 30.1. The molecule has 0 aromatic carbocycles. The highest BCUT2D eigenvalue weighted by atomic mass is 32.2. The maximum absolute atomic E-state index is 11.9. The van der Waals surface area contributed by atoms with Gasteiger partial charge in [0, 0.05) is 12.6 Å². The molecule has 0 saturated carbocycles. The lowest BCUT2D eigenvalue weighted by Crippen LogP contribution is -2.46. The van der Waals surface area contributed by atoms with Gasteiger partial charge in [0.15, 0.2) is 0 Å². The first kappa shape index (κ1) is 13.3. The van der Waals surface area contributed by atoms with E-state index in [0.717, 1.165) is 45.3 Å². The molecule has 5 heteroatoms. The van der Waals surface area contributed by atoms with Crippen molar-refractivity contribution >= 4 is 10.0 Å². The Labute approximate surface area is 105 Å². The summed E-state index contributed by atoms with van der Waals surface area (Å²) in [5.41, 5.74) is 0. The average molecular weight is 260 g/mol. The van der Waals surface area contributed by atoms with Gasteiger partial charge in [0.05, 0.1) is 6.26 Å². The van der Waals surface area contributed by atoms with Crippen molar-refractivity contribution in [2.24, 2.45) is 5.92 Å². The Hall–Kier alpha value is -0.130. The number of hydrogen-bond acceptors (Lipinski definition) is 3. The van der Waals surface area contributed by atoms with E-state index >= 15 is 0 Å². The van der Waals surface area contributed by atoms with Crippen LogP contribution < -0.4 is 5.32 Å². The SMILES string of the molecule is CS(=O)(=O)N1CCCCC[C@H]1C1CCNCC1. The van der Waals surface area contributed by atoms with Crippen LogP contribution in [0.25, 0.3) is 0 Å². The molecule has 0 spiro atoms. The molecule has 0 radical (unpaired) electrons. The zero-order valence-electron chi connectivity index (χ0n) is 10.7. The van der Waals surface area contributed by atoms with Gasteiger partial charge in [0.25, 0.3) is 0 Å². The van der Waals surface area contributed by atoms with Crippen LogP contribution in [0.2, 0.25) is 0 Å². The highest BCUT2D eigenvalue weighted by molar-refractivity contribution is 7.88. The summed E-state index contributed by atoms with van der Waals surface area (Å²) in [7, 11) is -3.03. The van der Waals surface area contributed by atoms with E-state index in [2.05, 4.69) is 5.32 Å². The topological polar surface area (TPSA) is 49.4 Å². The molecule has 17 heavy (non-hydrogen) atoms. The second-order valence-corrected chi connectivity index (χ2v) is 7.31. The van der Waals surface area contributed by atoms with Crippen LogP contribution in [-0.2, 0) is 10.0 Å². The van der Waals surface area contributed by atoms with E-state index in [0.29, 0.717) is 5.92 Å². The quantitative estimate of drug-likeness (QED) is 0.811. The third-order valence-corrected chi connectivity index (χ3v) is 5.41. The Morgan fingerprint density at radius 2 is 1.76 bits per heavy atom. The smallest absolute Gasteiger partial charge is 0.211 e. The van der Waals surface area contributed by atoms with E-state index in [1.165, 1.54) is 19.1 Å². The number of rotatable bonds is 2. The summed E-state index contributed by atoms with van der Waals surface area (Å²) in [5.74, 6) is 0.559. The van der Waals surface area contributed by atoms with Gasteiger partial charge in [-0.05, 0) is 44.7 Å². The molecule has 0 aromatic heterocycles. The largest absolute Gasteiger partial charge is 0.317 e. The fraction of sp³-hybridized carbons (Fsp3) is 1.00. The van der Waals surface area contributed by atoms with Crippen molar-refractivity contribution in [1.29, 1.82) is 0 Å². The second-order valence-electron chi connectivity index (χ2n) is 5.38. The summed E-state index contributed by atoms with van der Waals surface area (Å²) in [4.78, 5) is 0. The zero-order chi connectivity index (χ0) is 12.3. The summed E-state index contributed by atoms with van der Waals surface area (Å²) in [6.07, 6.45) is 8.04. The van der Waals surface area contributed by atoms with Crippen LogP contribution in [-0.4, -0.2) is 44.7 Å². The van der Waals surface area contributed by atoms with Crippen LogP contribution >= 0.6 is 0 Å². The third-order valence-electron chi connectivity index (χ3n) is 4.10. The van der Waals surface area contributed by atoms with E-state index in [1.54, 1.807) is 4.31 Å². The van der Waals surface area contributed by atoms with Crippen LogP contribution in [0.5, 0.6) is 0 Å². The van der Waals surface area contributed by atoms with E-state index in [9.17, 15) is 8.42 Å². The molecule has 2 rings (SSSR count). The number of nitrogens with one attached hydrogen (secondary N) is 1. The van der Waals surface area contributed by atoms with Crippen molar-refractivity contribution in [2.45, 2.75) is 44.6 Å². The van der Waals surface area contributed by atoms with Crippen molar-refractivity contribution < 1.29 is 8.42 Å². The lowest BCUT2D eigenvalue weighted by molar-refractivity contribution is 0.198. The van der Waals surface area contributed by atoms with Crippen molar-refractivity contribution in [3.63, 3.8) is 0 Å². The molecule has 1 N–H and O–H groups in total. The van der Waals surface area contributed by atoms with Crippen LogP contribution in [0.4, 0.5) is 0 Å². The monoisotopic (exact) mass is 260 g/mol. The molecule has 4 nitrogen and oxygen atoms in total. The zero-order valence-corrected chi connectivity index (χ0v) is 11.5. The fourth-order valence-corrected chi connectivity index (χ4v) is 4.45. The lowest BCUT2D eigenvalue weighted by Gasteiger charge is -2.36. The molecule has 2 fully saturated rings. The first-order chi connectivity index (χ1) is 8.09. The molecule has 2 saturated heterocycles. The van der Waals surface area contributed by atoms with Gasteiger partial charge in [-0.15, -0.1) is 0 Å². The van der Waals surface area contributed by atoms with E-state index in [-0.39, 0.29) is 6.04 Å². The predicted octanol–water partition coefficient (Wildman–Crippen LogP) is 1.19. The van der Waals surface area contributed by atoms with Crippen LogP contribution in [0, 0.1) is 5.92 Å².